The minimum absolute atomic E-state index is 0.310. The predicted octanol–water partition coefficient (Wildman–Crippen LogP) is 2.19. The van der Waals surface area contributed by atoms with Crippen LogP contribution in [-0.4, -0.2) is 16.5 Å². The molecule has 5 heteroatoms. The van der Waals surface area contributed by atoms with Gasteiger partial charge in [-0.3, -0.25) is 4.79 Å². The van der Waals surface area contributed by atoms with Gasteiger partial charge in [-0.2, -0.15) is 0 Å². The molecule has 2 aromatic rings. The van der Waals surface area contributed by atoms with Crippen LogP contribution in [0, 0.1) is 0 Å². The quantitative estimate of drug-likeness (QED) is 0.513. The highest BCUT2D eigenvalue weighted by Crippen LogP contribution is 2.20. The van der Waals surface area contributed by atoms with Crippen LogP contribution in [0.4, 0.5) is 5.69 Å². The first-order valence-corrected chi connectivity index (χ1v) is 5.71. The molecule has 0 saturated heterocycles. The minimum Gasteiger partial charge on any atom is -0.453 e. The topological polar surface area (TPSA) is 68.1 Å². The maximum atomic E-state index is 10.1. The zero-order chi connectivity index (χ0) is 11.5. The summed E-state index contributed by atoms with van der Waals surface area (Å²) in [6.45, 7) is 0.431. The van der Waals surface area contributed by atoms with Gasteiger partial charge in [0.05, 0.1) is 0 Å². The number of rotatable bonds is 4. The third kappa shape index (κ3) is 2.36. The molecule has 1 aromatic carbocycles. The lowest BCUT2D eigenvalue weighted by Crippen LogP contribution is -2.06. The fourth-order valence-corrected chi connectivity index (χ4v) is 2.03. The van der Waals surface area contributed by atoms with Gasteiger partial charge in [0.2, 0.25) is 0 Å². The van der Waals surface area contributed by atoms with Crippen LogP contribution >= 0.6 is 15.9 Å². The van der Waals surface area contributed by atoms with E-state index in [0.29, 0.717) is 12.9 Å². The van der Waals surface area contributed by atoms with Gasteiger partial charge in [0.25, 0.3) is 6.47 Å². The SMILES string of the molecule is Nc1ccc2cc(CC(Br)OC=O)[nH]c2c1. The number of halogens is 1. The molecule has 4 nitrogen and oxygen atoms in total. The number of hydrogen-bond acceptors (Lipinski definition) is 3. The highest BCUT2D eigenvalue weighted by Gasteiger charge is 2.08. The number of nitrogens with one attached hydrogen (secondary N) is 1. The number of aromatic amines is 1. The lowest BCUT2D eigenvalue weighted by Gasteiger charge is -2.04. The van der Waals surface area contributed by atoms with E-state index in [1.165, 1.54) is 0 Å². The molecular formula is C11H11BrN2O2. The first-order chi connectivity index (χ1) is 7.69. The third-order valence-electron chi connectivity index (χ3n) is 2.29. The van der Waals surface area contributed by atoms with E-state index in [1.54, 1.807) is 0 Å². The fraction of sp³-hybridized carbons (Fsp3) is 0.182. The number of carbonyl (C=O) groups is 1. The second-order valence-electron chi connectivity index (χ2n) is 3.49. The van der Waals surface area contributed by atoms with E-state index < -0.39 is 0 Å². The maximum Gasteiger partial charge on any atom is 0.294 e. The van der Waals surface area contributed by atoms with Crippen molar-refractivity contribution >= 4 is 39.0 Å². The van der Waals surface area contributed by atoms with E-state index >= 15 is 0 Å². The van der Waals surface area contributed by atoms with E-state index in [1.807, 2.05) is 24.3 Å². The van der Waals surface area contributed by atoms with Gasteiger partial charge in [-0.1, -0.05) is 6.07 Å². The molecule has 2 rings (SSSR count). The van der Waals surface area contributed by atoms with E-state index in [0.717, 1.165) is 22.3 Å². The largest absolute Gasteiger partial charge is 0.453 e. The van der Waals surface area contributed by atoms with Crippen LogP contribution in [0.2, 0.25) is 0 Å². The molecule has 0 radical (unpaired) electrons. The van der Waals surface area contributed by atoms with Gasteiger partial charge >= 0.3 is 0 Å². The van der Waals surface area contributed by atoms with Gasteiger partial charge in [-0.05, 0) is 39.5 Å². The molecule has 0 bridgehead atoms. The Morgan fingerprint density at radius 1 is 1.50 bits per heavy atom. The van der Waals surface area contributed by atoms with E-state index in [2.05, 4.69) is 20.9 Å². The summed E-state index contributed by atoms with van der Waals surface area (Å²) in [5, 5.41) is 0.783. The van der Waals surface area contributed by atoms with Crippen molar-refractivity contribution in [3.8, 4) is 0 Å². The molecule has 0 amide bonds. The third-order valence-corrected chi connectivity index (χ3v) is 2.83. The summed E-state index contributed by atoms with van der Waals surface area (Å²) >= 11 is 3.25. The van der Waals surface area contributed by atoms with Crippen molar-refractivity contribution < 1.29 is 9.53 Å². The molecule has 1 heterocycles. The van der Waals surface area contributed by atoms with Gasteiger partial charge in [0, 0.05) is 23.3 Å². The summed E-state index contributed by atoms with van der Waals surface area (Å²) < 4.78 is 4.76. The van der Waals surface area contributed by atoms with Gasteiger partial charge in [0.15, 0.2) is 5.01 Å². The summed E-state index contributed by atoms with van der Waals surface area (Å²) in [7, 11) is 0. The first kappa shape index (κ1) is 11.0. The molecule has 1 aromatic heterocycles. The second-order valence-corrected chi connectivity index (χ2v) is 4.51. The number of nitrogens with two attached hydrogens (primary N) is 1. The number of nitrogen functional groups attached to an aromatic ring is 1. The van der Waals surface area contributed by atoms with Crippen LogP contribution in [0.25, 0.3) is 10.9 Å². The summed E-state index contributed by atoms with van der Waals surface area (Å²) in [6, 6.07) is 7.70. The average Bonchev–Trinajstić information content (AvgIpc) is 2.59. The van der Waals surface area contributed by atoms with Crippen molar-refractivity contribution in [3.63, 3.8) is 0 Å². The number of ether oxygens (including phenoxy) is 1. The molecule has 0 fully saturated rings. The van der Waals surface area contributed by atoms with E-state index in [-0.39, 0.29) is 5.01 Å². The van der Waals surface area contributed by atoms with Crippen molar-refractivity contribution in [1.29, 1.82) is 0 Å². The summed E-state index contributed by atoms with van der Waals surface area (Å²) in [6.07, 6.45) is 0.591. The maximum absolute atomic E-state index is 10.1. The van der Waals surface area contributed by atoms with E-state index in [9.17, 15) is 4.79 Å². The van der Waals surface area contributed by atoms with Gasteiger partial charge in [-0.15, -0.1) is 0 Å². The molecule has 16 heavy (non-hydrogen) atoms. The van der Waals surface area contributed by atoms with Crippen LogP contribution in [-0.2, 0) is 16.0 Å². The van der Waals surface area contributed by atoms with Gasteiger partial charge in [0.1, 0.15) is 0 Å². The Hall–Kier alpha value is -1.49. The Labute approximate surface area is 101 Å². The lowest BCUT2D eigenvalue weighted by atomic mass is 10.2. The summed E-state index contributed by atoms with van der Waals surface area (Å²) in [4.78, 5) is 13.4. The van der Waals surface area contributed by atoms with Crippen molar-refractivity contribution in [2.75, 3.05) is 5.73 Å². The van der Waals surface area contributed by atoms with Gasteiger partial charge < -0.3 is 15.5 Å². The standard InChI is InChI=1S/C11H11BrN2O2/c12-11(16-6-15)5-9-3-7-1-2-8(13)4-10(7)14-9/h1-4,6,11,14H,5,13H2. The number of fused-ring (bicyclic) bond motifs is 1. The summed E-state index contributed by atoms with van der Waals surface area (Å²) in [5.41, 5.74) is 8.38. The van der Waals surface area contributed by atoms with Crippen molar-refractivity contribution in [3.05, 3.63) is 30.0 Å². The zero-order valence-electron chi connectivity index (χ0n) is 8.44. The molecule has 0 spiro atoms. The van der Waals surface area contributed by atoms with Crippen LogP contribution < -0.4 is 5.73 Å². The number of H-pyrrole nitrogens is 1. The molecule has 1 unspecified atom stereocenters. The van der Waals surface area contributed by atoms with Crippen LogP contribution in [0.15, 0.2) is 24.3 Å². The number of anilines is 1. The Balaban J connectivity index is 2.22. The number of hydrogen-bond donors (Lipinski definition) is 2. The second kappa shape index (κ2) is 4.57. The number of carbonyl (C=O) groups excluding carboxylic acids is 1. The van der Waals surface area contributed by atoms with Crippen molar-refractivity contribution in [1.82, 2.24) is 4.98 Å². The highest BCUT2D eigenvalue weighted by molar-refractivity contribution is 9.09. The van der Waals surface area contributed by atoms with Crippen molar-refractivity contribution in [2.24, 2.45) is 0 Å². The van der Waals surface area contributed by atoms with Crippen LogP contribution in [0.5, 0.6) is 0 Å². The summed E-state index contributed by atoms with van der Waals surface area (Å²) in [5.74, 6) is 0. The van der Waals surface area contributed by atoms with Crippen molar-refractivity contribution in [2.45, 2.75) is 11.4 Å². The Morgan fingerprint density at radius 3 is 3.06 bits per heavy atom. The molecule has 1 atom stereocenters. The molecule has 0 aliphatic rings. The smallest absolute Gasteiger partial charge is 0.294 e. The van der Waals surface area contributed by atoms with E-state index in [4.69, 9.17) is 10.5 Å². The normalized spacial score (nSPS) is 12.6. The lowest BCUT2D eigenvalue weighted by molar-refractivity contribution is -0.129. The van der Waals surface area contributed by atoms with Gasteiger partial charge in [-0.25, -0.2) is 0 Å². The molecule has 3 N–H and O–H groups in total. The highest BCUT2D eigenvalue weighted by atomic mass is 79.9. The molecular weight excluding hydrogens is 272 g/mol. The number of aromatic nitrogens is 1. The molecule has 0 saturated carbocycles. The molecule has 0 aliphatic heterocycles. The van der Waals surface area contributed by atoms with Crippen LogP contribution in [0.3, 0.4) is 0 Å². The Bertz CT molecular complexity index is 510. The Kier molecular flexibility index (Phi) is 3.14. The predicted molar refractivity (Wildman–Crippen MR) is 66.3 cm³/mol. The number of benzene rings is 1. The first-order valence-electron chi connectivity index (χ1n) is 4.79. The Morgan fingerprint density at radius 2 is 2.31 bits per heavy atom. The minimum atomic E-state index is -0.310. The monoisotopic (exact) mass is 282 g/mol. The number of alkyl halides is 1. The average molecular weight is 283 g/mol. The molecule has 0 aliphatic carbocycles. The molecule has 84 valence electrons. The van der Waals surface area contributed by atoms with Crippen LogP contribution in [0.1, 0.15) is 5.69 Å². The zero-order valence-corrected chi connectivity index (χ0v) is 10.0. The fourth-order valence-electron chi connectivity index (χ4n) is 1.60.